The van der Waals surface area contributed by atoms with E-state index in [-0.39, 0.29) is 0 Å². The molecule has 3 aromatic rings. The van der Waals surface area contributed by atoms with Gasteiger partial charge in [-0.15, -0.1) is 11.3 Å². The van der Waals surface area contributed by atoms with E-state index in [4.69, 9.17) is 19.4 Å². The summed E-state index contributed by atoms with van der Waals surface area (Å²) in [5.74, 6) is 2.69. The molecule has 0 saturated carbocycles. The maximum atomic E-state index is 5.50. The number of quaternary nitrogens is 1. The summed E-state index contributed by atoms with van der Waals surface area (Å²) in [6.07, 6.45) is 4.81. The molecule has 2 aromatic heterocycles. The van der Waals surface area contributed by atoms with E-state index in [1.807, 2.05) is 29.5 Å². The number of anilines is 2. The number of methoxy groups -OCH3 is 1. The summed E-state index contributed by atoms with van der Waals surface area (Å²) in [6, 6.07) is 8.03. The highest BCUT2D eigenvalue weighted by molar-refractivity contribution is 7.19. The maximum absolute atomic E-state index is 5.50. The summed E-state index contributed by atoms with van der Waals surface area (Å²) in [7, 11) is 1.69. The fourth-order valence-electron chi connectivity index (χ4n) is 4.27. The number of thiophene rings is 1. The number of aryl methyl sites for hydroxylation is 2. The molecule has 3 heterocycles. The number of morpholine rings is 1. The van der Waals surface area contributed by atoms with Crippen molar-refractivity contribution in [2.75, 3.05) is 38.7 Å². The highest BCUT2D eigenvalue weighted by atomic mass is 32.1. The summed E-state index contributed by atoms with van der Waals surface area (Å²) in [5.41, 5.74) is 2.44. The lowest BCUT2D eigenvalue weighted by Gasteiger charge is -2.23. The number of aromatic nitrogens is 2. The first-order chi connectivity index (χ1) is 14.3. The number of fused-ring (bicyclic) bond motifs is 3. The number of hydrogen-bond donors (Lipinski definition) is 2. The molecule has 7 heteroatoms. The molecule has 29 heavy (non-hydrogen) atoms. The average Bonchev–Trinajstić information content (AvgIpc) is 3.13. The fourth-order valence-corrected chi connectivity index (χ4v) is 5.55. The minimum Gasteiger partial charge on any atom is -0.497 e. The van der Waals surface area contributed by atoms with Gasteiger partial charge in [0.15, 0.2) is 5.82 Å². The van der Waals surface area contributed by atoms with Crippen molar-refractivity contribution in [3.8, 4) is 5.75 Å². The predicted molar refractivity (Wildman–Crippen MR) is 116 cm³/mol. The van der Waals surface area contributed by atoms with Gasteiger partial charge in [0.05, 0.1) is 25.7 Å². The molecule has 6 nitrogen and oxygen atoms in total. The molecule has 0 amide bonds. The van der Waals surface area contributed by atoms with Crippen LogP contribution in [0.4, 0.5) is 11.5 Å². The summed E-state index contributed by atoms with van der Waals surface area (Å²) in [4.78, 5) is 14.1. The number of hydrogen-bond acceptors (Lipinski definition) is 6. The molecule has 0 unspecified atom stereocenters. The van der Waals surface area contributed by atoms with E-state index in [9.17, 15) is 0 Å². The van der Waals surface area contributed by atoms with E-state index in [0.29, 0.717) is 0 Å². The molecule has 0 atom stereocenters. The molecule has 0 bridgehead atoms. The van der Waals surface area contributed by atoms with E-state index in [2.05, 4.69) is 11.4 Å². The second-order valence-corrected chi connectivity index (χ2v) is 8.86. The van der Waals surface area contributed by atoms with Crippen LogP contribution in [-0.4, -0.2) is 43.4 Å². The van der Waals surface area contributed by atoms with Crippen molar-refractivity contribution in [2.24, 2.45) is 0 Å². The van der Waals surface area contributed by atoms with E-state index in [1.165, 1.54) is 40.0 Å². The molecule has 1 saturated heterocycles. The molecule has 1 aliphatic heterocycles. The first kappa shape index (κ1) is 18.8. The van der Waals surface area contributed by atoms with Crippen LogP contribution in [0.1, 0.15) is 29.1 Å². The van der Waals surface area contributed by atoms with Gasteiger partial charge in [-0.05, 0) is 43.4 Å². The zero-order chi connectivity index (χ0) is 19.6. The van der Waals surface area contributed by atoms with Crippen molar-refractivity contribution in [3.63, 3.8) is 0 Å². The number of nitrogens with zero attached hydrogens (tertiary/aromatic N) is 2. The second kappa shape index (κ2) is 8.26. The minimum atomic E-state index is 0.819. The molecule has 1 aromatic carbocycles. The van der Waals surface area contributed by atoms with Crippen LogP contribution in [0.5, 0.6) is 5.75 Å². The lowest BCUT2D eigenvalue weighted by atomic mass is 9.97. The normalized spacial score (nSPS) is 17.3. The Labute approximate surface area is 174 Å². The van der Waals surface area contributed by atoms with Crippen LogP contribution in [0, 0.1) is 0 Å². The van der Waals surface area contributed by atoms with Gasteiger partial charge < -0.3 is 19.7 Å². The first-order valence-corrected chi connectivity index (χ1v) is 11.3. The van der Waals surface area contributed by atoms with Crippen LogP contribution in [0.2, 0.25) is 0 Å². The van der Waals surface area contributed by atoms with Crippen molar-refractivity contribution in [2.45, 2.75) is 32.2 Å². The zero-order valence-corrected chi connectivity index (χ0v) is 17.6. The summed E-state index contributed by atoms with van der Waals surface area (Å²) in [6.45, 7) is 4.51. The van der Waals surface area contributed by atoms with Crippen LogP contribution in [0.15, 0.2) is 24.3 Å². The smallest absolute Gasteiger partial charge is 0.187 e. The van der Waals surface area contributed by atoms with E-state index in [0.717, 1.165) is 67.2 Å². The third kappa shape index (κ3) is 3.95. The highest BCUT2D eigenvalue weighted by Gasteiger charge is 2.23. The zero-order valence-electron chi connectivity index (χ0n) is 16.8. The van der Waals surface area contributed by atoms with Crippen molar-refractivity contribution < 1.29 is 14.4 Å². The quantitative estimate of drug-likeness (QED) is 0.676. The molecule has 5 rings (SSSR count). The van der Waals surface area contributed by atoms with Gasteiger partial charge in [-0.3, -0.25) is 0 Å². The fraction of sp³-hybridized carbons (Fsp3) is 0.455. The van der Waals surface area contributed by atoms with Crippen molar-refractivity contribution in [1.82, 2.24) is 9.97 Å². The van der Waals surface area contributed by atoms with Crippen LogP contribution < -0.4 is 15.0 Å². The van der Waals surface area contributed by atoms with Crippen LogP contribution in [0.25, 0.3) is 10.2 Å². The molecule has 2 N–H and O–H groups in total. The first-order valence-electron chi connectivity index (χ1n) is 10.4. The molecule has 152 valence electrons. The van der Waals surface area contributed by atoms with Gasteiger partial charge in [0.25, 0.3) is 0 Å². The Balaban J connectivity index is 1.55. The Morgan fingerprint density at radius 2 is 2.03 bits per heavy atom. The molecule has 1 fully saturated rings. The van der Waals surface area contributed by atoms with E-state index in [1.54, 1.807) is 7.11 Å². The van der Waals surface area contributed by atoms with E-state index >= 15 is 0 Å². The van der Waals surface area contributed by atoms with Crippen molar-refractivity contribution in [1.29, 1.82) is 0 Å². The predicted octanol–water partition coefficient (Wildman–Crippen LogP) is 2.74. The Kier molecular flexibility index (Phi) is 5.35. The Bertz CT molecular complexity index is 1010. The minimum absolute atomic E-state index is 0.819. The third-order valence-electron chi connectivity index (χ3n) is 5.80. The van der Waals surface area contributed by atoms with Gasteiger partial charge >= 0.3 is 0 Å². The van der Waals surface area contributed by atoms with Gasteiger partial charge in [0, 0.05) is 16.6 Å². The number of rotatable bonds is 5. The molecule has 2 aliphatic rings. The number of benzene rings is 1. The van der Waals surface area contributed by atoms with Gasteiger partial charge in [0.2, 0.25) is 0 Å². The molecule has 0 spiro atoms. The van der Waals surface area contributed by atoms with Gasteiger partial charge in [-0.25, -0.2) is 9.97 Å². The Morgan fingerprint density at radius 1 is 1.17 bits per heavy atom. The van der Waals surface area contributed by atoms with Gasteiger partial charge in [0.1, 0.15) is 36.0 Å². The largest absolute Gasteiger partial charge is 0.497 e. The second-order valence-electron chi connectivity index (χ2n) is 7.78. The average molecular weight is 412 g/mol. The monoisotopic (exact) mass is 411 g/mol. The Hall–Kier alpha value is -2.22. The van der Waals surface area contributed by atoms with Gasteiger partial charge in [-0.2, -0.15) is 0 Å². The SMILES string of the molecule is COc1cccc(Nc2nc(C[NH+]3CCOCC3)nc3sc4c(c23)CCCC4)c1. The summed E-state index contributed by atoms with van der Waals surface area (Å²) >= 11 is 1.86. The molecular weight excluding hydrogens is 384 g/mol. The number of nitrogens with one attached hydrogen (secondary N) is 2. The standard InChI is InChI=1S/C22H26N4O2S/c1-27-16-6-4-5-15(13-16)23-21-20-17-7-2-3-8-18(17)29-22(20)25-19(24-21)14-26-9-11-28-12-10-26/h4-6,13H,2-3,7-12,14H2,1H3,(H,23,24,25)/p+1. The van der Waals surface area contributed by atoms with Crippen molar-refractivity contribution in [3.05, 3.63) is 40.5 Å². The lowest BCUT2D eigenvalue weighted by molar-refractivity contribution is -0.922. The third-order valence-corrected chi connectivity index (χ3v) is 6.99. The molecular formula is C22H27N4O2S+. The molecule has 1 aliphatic carbocycles. The van der Waals surface area contributed by atoms with Crippen LogP contribution in [0.3, 0.4) is 0 Å². The summed E-state index contributed by atoms with van der Waals surface area (Å²) < 4.78 is 10.9. The van der Waals surface area contributed by atoms with Crippen LogP contribution in [-0.2, 0) is 24.1 Å². The topological polar surface area (TPSA) is 60.7 Å². The lowest BCUT2D eigenvalue weighted by Crippen LogP contribution is -3.12. The van der Waals surface area contributed by atoms with E-state index < -0.39 is 0 Å². The highest BCUT2D eigenvalue weighted by Crippen LogP contribution is 2.39. The van der Waals surface area contributed by atoms with Crippen LogP contribution >= 0.6 is 11.3 Å². The summed E-state index contributed by atoms with van der Waals surface area (Å²) in [5, 5.41) is 4.79. The maximum Gasteiger partial charge on any atom is 0.187 e. The number of ether oxygens (including phenoxy) is 2. The molecule has 0 radical (unpaired) electrons. The van der Waals surface area contributed by atoms with Gasteiger partial charge in [-0.1, -0.05) is 6.07 Å². The van der Waals surface area contributed by atoms with Crippen molar-refractivity contribution >= 4 is 33.1 Å². The Morgan fingerprint density at radius 3 is 2.90 bits per heavy atom.